The summed E-state index contributed by atoms with van der Waals surface area (Å²) in [6.45, 7) is 0. The fourth-order valence-electron chi connectivity index (χ4n) is 3.59. The lowest BCUT2D eigenvalue weighted by Gasteiger charge is -2.37. The molecule has 2 N–H and O–H groups in total. The number of fused-ring (bicyclic) bond motifs is 3. The second-order valence-corrected chi connectivity index (χ2v) is 7.19. The zero-order valence-corrected chi connectivity index (χ0v) is 14.6. The van der Waals surface area contributed by atoms with Crippen LogP contribution < -0.4 is 4.74 Å². The standard InChI is InChI=1S/C20H16N2O3S/c23-13-5-6-18(24)15(9-13)16-10-17-14-3-1-2-4-19(14)25-20(22(17)21-16)12-7-8-26-11-12/h1-9,11,17,20,23-24H,10H2/t17-,20+/m1/s1. The minimum absolute atomic E-state index is 0.0293. The van der Waals surface area contributed by atoms with Crippen LogP contribution in [0.1, 0.15) is 35.4 Å². The number of thiophene rings is 1. The van der Waals surface area contributed by atoms with Crippen LogP contribution in [0.4, 0.5) is 0 Å². The summed E-state index contributed by atoms with van der Waals surface area (Å²) in [5.41, 5.74) is 3.43. The molecule has 5 rings (SSSR count). The third-order valence-electron chi connectivity index (χ3n) is 4.82. The average Bonchev–Trinajstić information content (AvgIpc) is 3.33. The minimum Gasteiger partial charge on any atom is -0.508 e. The molecular formula is C20H16N2O3S. The molecule has 2 atom stereocenters. The first kappa shape index (κ1) is 15.3. The minimum atomic E-state index is -0.307. The summed E-state index contributed by atoms with van der Waals surface area (Å²) in [4.78, 5) is 0. The number of rotatable bonds is 2. The van der Waals surface area contributed by atoms with E-state index in [1.807, 2.05) is 34.7 Å². The Balaban J connectivity index is 1.62. The Morgan fingerprint density at radius 3 is 2.85 bits per heavy atom. The highest BCUT2D eigenvalue weighted by Gasteiger charge is 2.41. The first-order valence-corrected chi connectivity index (χ1v) is 9.31. The largest absolute Gasteiger partial charge is 0.508 e. The van der Waals surface area contributed by atoms with Crippen molar-refractivity contribution in [3.63, 3.8) is 0 Å². The highest BCUT2D eigenvalue weighted by Crippen LogP contribution is 2.48. The predicted octanol–water partition coefficient (Wildman–Crippen LogP) is 4.40. The van der Waals surface area contributed by atoms with Crippen LogP contribution in [0.15, 0.2) is 64.4 Å². The van der Waals surface area contributed by atoms with Gasteiger partial charge in [0.25, 0.3) is 0 Å². The van der Waals surface area contributed by atoms with E-state index in [0.717, 1.165) is 22.6 Å². The number of nitrogens with zero attached hydrogens (tertiary/aromatic N) is 2. The van der Waals surface area contributed by atoms with Crippen LogP contribution in [-0.4, -0.2) is 20.9 Å². The number of hydrogen-bond acceptors (Lipinski definition) is 6. The molecule has 0 spiro atoms. The molecule has 0 unspecified atom stereocenters. The third kappa shape index (κ3) is 2.34. The van der Waals surface area contributed by atoms with Crippen LogP contribution in [0.2, 0.25) is 0 Å². The van der Waals surface area contributed by atoms with E-state index in [1.54, 1.807) is 17.4 Å². The topological polar surface area (TPSA) is 65.3 Å². The number of phenolic OH excluding ortho intramolecular Hbond substituents is 2. The summed E-state index contributed by atoms with van der Waals surface area (Å²) >= 11 is 1.62. The molecule has 2 aliphatic heterocycles. The van der Waals surface area contributed by atoms with Crippen molar-refractivity contribution in [1.82, 2.24) is 5.01 Å². The number of ether oxygens (including phenoxy) is 1. The van der Waals surface area contributed by atoms with Crippen molar-refractivity contribution in [3.05, 3.63) is 76.0 Å². The molecule has 130 valence electrons. The zero-order valence-electron chi connectivity index (χ0n) is 13.7. The maximum Gasteiger partial charge on any atom is 0.214 e. The molecule has 0 aliphatic carbocycles. The predicted molar refractivity (Wildman–Crippen MR) is 99.6 cm³/mol. The normalized spacial score (nSPS) is 20.9. The fourth-order valence-corrected chi connectivity index (χ4v) is 4.25. The molecule has 2 aliphatic rings. The summed E-state index contributed by atoms with van der Waals surface area (Å²) in [6.07, 6.45) is 0.330. The molecule has 0 amide bonds. The molecule has 0 bridgehead atoms. The number of phenols is 2. The first-order chi connectivity index (χ1) is 12.7. The van der Waals surface area contributed by atoms with Gasteiger partial charge in [-0.15, -0.1) is 0 Å². The van der Waals surface area contributed by atoms with E-state index >= 15 is 0 Å². The van der Waals surface area contributed by atoms with Gasteiger partial charge in [-0.05, 0) is 41.1 Å². The number of para-hydroxylation sites is 1. The van der Waals surface area contributed by atoms with E-state index in [0.29, 0.717) is 12.0 Å². The summed E-state index contributed by atoms with van der Waals surface area (Å²) in [6, 6.07) is 14.6. The van der Waals surface area contributed by atoms with Gasteiger partial charge in [-0.1, -0.05) is 18.2 Å². The van der Waals surface area contributed by atoms with Gasteiger partial charge < -0.3 is 14.9 Å². The van der Waals surface area contributed by atoms with E-state index in [9.17, 15) is 10.2 Å². The second kappa shape index (κ2) is 5.78. The summed E-state index contributed by atoms with van der Waals surface area (Å²) in [7, 11) is 0. The van der Waals surface area contributed by atoms with Crippen molar-refractivity contribution in [2.75, 3.05) is 0 Å². The Morgan fingerprint density at radius 2 is 2.00 bits per heavy atom. The van der Waals surface area contributed by atoms with Crippen LogP contribution in [0, 0.1) is 0 Å². The van der Waals surface area contributed by atoms with Gasteiger partial charge in [0.05, 0.1) is 11.8 Å². The SMILES string of the molecule is Oc1ccc(O)c(C2=NN3[C@H](C2)c2ccccc2O[C@H]3c2ccsc2)c1. The maximum atomic E-state index is 10.2. The molecule has 5 nitrogen and oxygen atoms in total. The Hall–Kier alpha value is -2.99. The second-order valence-electron chi connectivity index (χ2n) is 6.41. The number of aromatic hydroxyl groups is 2. The lowest BCUT2D eigenvalue weighted by molar-refractivity contribution is -0.0187. The van der Waals surface area contributed by atoms with Gasteiger partial charge >= 0.3 is 0 Å². The molecule has 0 fully saturated rings. The molecule has 0 radical (unpaired) electrons. The van der Waals surface area contributed by atoms with Gasteiger partial charge in [0.15, 0.2) is 0 Å². The molecule has 0 saturated heterocycles. The molecule has 2 aromatic carbocycles. The highest BCUT2D eigenvalue weighted by molar-refractivity contribution is 7.07. The van der Waals surface area contributed by atoms with Gasteiger partial charge in [-0.25, -0.2) is 5.01 Å². The van der Waals surface area contributed by atoms with Gasteiger partial charge in [-0.2, -0.15) is 16.4 Å². The lowest BCUT2D eigenvalue weighted by atomic mass is 9.96. The Bertz CT molecular complexity index is 1000. The molecular weight excluding hydrogens is 348 g/mol. The fraction of sp³-hybridized carbons (Fsp3) is 0.150. The third-order valence-corrected chi connectivity index (χ3v) is 5.52. The van der Waals surface area contributed by atoms with Crippen molar-refractivity contribution in [1.29, 1.82) is 0 Å². The average molecular weight is 364 g/mol. The lowest BCUT2D eigenvalue weighted by Crippen LogP contribution is -2.33. The van der Waals surface area contributed by atoms with E-state index in [4.69, 9.17) is 9.84 Å². The van der Waals surface area contributed by atoms with E-state index in [1.165, 1.54) is 12.1 Å². The zero-order chi connectivity index (χ0) is 17.7. The molecule has 3 heterocycles. The van der Waals surface area contributed by atoms with Gasteiger partial charge in [-0.3, -0.25) is 0 Å². The van der Waals surface area contributed by atoms with Crippen molar-refractivity contribution in [2.45, 2.75) is 18.7 Å². The molecule has 1 aromatic heterocycles. The van der Waals surface area contributed by atoms with E-state index in [2.05, 4.69) is 11.4 Å². The van der Waals surface area contributed by atoms with Crippen LogP contribution in [-0.2, 0) is 0 Å². The van der Waals surface area contributed by atoms with E-state index in [-0.39, 0.29) is 23.8 Å². The van der Waals surface area contributed by atoms with Crippen molar-refractivity contribution in [3.8, 4) is 17.2 Å². The van der Waals surface area contributed by atoms with Gasteiger partial charge in [0, 0.05) is 23.1 Å². The van der Waals surface area contributed by atoms with Crippen molar-refractivity contribution >= 4 is 17.0 Å². The van der Waals surface area contributed by atoms with Crippen LogP contribution >= 0.6 is 11.3 Å². The molecule has 0 saturated carbocycles. The Morgan fingerprint density at radius 1 is 1.12 bits per heavy atom. The van der Waals surface area contributed by atoms with Crippen LogP contribution in [0.25, 0.3) is 0 Å². The van der Waals surface area contributed by atoms with Crippen LogP contribution in [0.3, 0.4) is 0 Å². The van der Waals surface area contributed by atoms with Crippen molar-refractivity contribution in [2.24, 2.45) is 5.10 Å². The molecule has 26 heavy (non-hydrogen) atoms. The van der Waals surface area contributed by atoms with Gasteiger partial charge in [0.2, 0.25) is 6.23 Å². The summed E-state index contributed by atoms with van der Waals surface area (Å²) in [5, 5.41) is 30.9. The highest BCUT2D eigenvalue weighted by atomic mass is 32.1. The smallest absolute Gasteiger partial charge is 0.214 e. The van der Waals surface area contributed by atoms with Crippen LogP contribution in [0.5, 0.6) is 17.2 Å². The molecule has 3 aromatic rings. The number of hydrogen-bond donors (Lipinski definition) is 2. The summed E-state index contributed by atoms with van der Waals surface area (Å²) in [5.74, 6) is 1.08. The summed E-state index contributed by atoms with van der Waals surface area (Å²) < 4.78 is 6.24. The monoisotopic (exact) mass is 364 g/mol. The maximum absolute atomic E-state index is 10.2. The number of benzene rings is 2. The molecule has 6 heteroatoms. The van der Waals surface area contributed by atoms with Crippen molar-refractivity contribution < 1.29 is 14.9 Å². The van der Waals surface area contributed by atoms with Gasteiger partial charge in [0.1, 0.15) is 17.2 Å². The Labute approximate surface area is 154 Å². The van der Waals surface area contributed by atoms with E-state index < -0.39 is 0 Å². The Kier molecular flexibility index (Phi) is 3.39. The number of hydrazone groups is 1. The quantitative estimate of drug-likeness (QED) is 0.662. The first-order valence-electron chi connectivity index (χ1n) is 8.36.